The third-order valence-corrected chi connectivity index (χ3v) is 5.65. The van der Waals surface area contributed by atoms with Gasteiger partial charge in [0.25, 0.3) is 23.0 Å². The number of benzene rings is 1. The summed E-state index contributed by atoms with van der Waals surface area (Å²) in [6, 6.07) is 3.90. The van der Waals surface area contributed by atoms with E-state index in [0.29, 0.717) is 28.2 Å². The number of carbonyl (C=O) groups is 3. The number of anilines is 1. The molecule has 0 aliphatic carbocycles. The van der Waals surface area contributed by atoms with Crippen LogP contribution in [0.25, 0.3) is 0 Å². The molecule has 154 valence electrons. The van der Waals surface area contributed by atoms with E-state index in [1.54, 1.807) is 36.9 Å². The van der Waals surface area contributed by atoms with Crippen molar-refractivity contribution in [3.05, 3.63) is 18.2 Å². The number of imide groups is 1. The van der Waals surface area contributed by atoms with Crippen molar-refractivity contribution in [2.45, 2.75) is 6.04 Å². The lowest BCUT2D eigenvalue weighted by Crippen LogP contribution is -2.59. The van der Waals surface area contributed by atoms with E-state index in [1.807, 2.05) is 0 Å². The molecule has 1 saturated heterocycles. The number of carbonyl (C=O) groups excluding carboxylic acids is 3. The Hall–Kier alpha value is -3.08. The van der Waals surface area contributed by atoms with E-state index in [4.69, 9.17) is 9.47 Å². The molecule has 0 radical (unpaired) electrons. The SMILES string of the molecule is COc1ccc(OC)c(NC(=O)CSC2=NC3C(=O)N(C)C(=O)N(C)C3=[N+]2C)c1. The number of nitrogens with one attached hydrogen (secondary N) is 1. The minimum Gasteiger partial charge on any atom is -0.497 e. The predicted octanol–water partition coefficient (Wildman–Crippen LogP) is 0.678. The number of rotatable bonds is 5. The van der Waals surface area contributed by atoms with Crippen molar-refractivity contribution >= 4 is 46.3 Å². The second kappa shape index (κ2) is 8.11. The molecule has 2 aliphatic rings. The Labute approximate surface area is 172 Å². The van der Waals surface area contributed by atoms with Crippen LogP contribution < -0.4 is 14.8 Å². The zero-order valence-corrected chi connectivity index (χ0v) is 17.6. The molecule has 0 spiro atoms. The number of hydrogen-bond acceptors (Lipinski definition) is 7. The second-order valence-electron chi connectivity index (χ2n) is 6.37. The molecule has 10 nitrogen and oxygen atoms in total. The number of amides is 4. The summed E-state index contributed by atoms with van der Waals surface area (Å²) < 4.78 is 12.1. The monoisotopic (exact) mass is 420 g/mol. The Morgan fingerprint density at radius 2 is 1.97 bits per heavy atom. The van der Waals surface area contributed by atoms with E-state index in [9.17, 15) is 14.4 Å². The molecule has 29 heavy (non-hydrogen) atoms. The molecule has 0 aromatic heterocycles. The highest BCUT2D eigenvalue weighted by atomic mass is 32.2. The van der Waals surface area contributed by atoms with Gasteiger partial charge in [0.15, 0.2) is 0 Å². The largest absolute Gasteiger partial charge is 0.497 e. The van der Waals surface area contributed by atoms with Gasteiger partial charge in [-0.1, -0.05) is 0 Å². The minimum atomic E-state index is -0.781. The summed E-state index contributed by atoms with van der Waals surface area (Å²) in [5.74, 6) is 0.974. The van der Waals surface area contributed by atoms with Crippen molar-refractivity contribution in [2.75, 3.05) is 46.4 Å². The first kappa shape index (κ1) is 20.6. The Balaban J connectivity index is 1.71. The number of urea groups is 1. The molecule has 11 heteroatoms. The summed E-state index contributed by atoms with van der Waals surface area (Å²) in [4.78, 5) is 43.8. The molecule has 1 atom stereocenters. The van der Waals surface area contributed by atoms with Crippen LogP contribution in [0.2, 0.25) is 0 Å². The molecule has 0 saturated carbocycles. The maximum atomic E-state index is 12.4. The summed E-state index contributed by atoms with van der Waals surface area (Å²) in [6.45, 7) is 0. The maximum absolute atomic E-state index is 12.4. The molecular weight excluding hydrogens is 398 g/mol. The number of thioether (sulfide) groups is 1. The molecule has 0 bridgehead atoms. The number of likely N-dealkylation sites (N-methyl/N-ethyl adjacent to an activating group) is 2. The van der Waals surface area contributed by atoms with Crippen LogP contribution in [0.4, 0.5) is 10.5 Å². The molecule has 1 aromatic carbocycles. The van der Waals surface area contributed by atoms with Gasteiger partial charge in [0.1, 0.15) is 11.5 Å². The number of fused-ring (bicyclic) bond motifs is 1. The Kier molecular flexibility index (Phi) is 5.78. The summed E-state index contributed by atoms with van der Waals surface area (Å²) in [7, 11) is 7.78. The summed E-state index contributed by atoms with van der Waals surface area (Å²) in [5, 5.41) is 3.27. The number of hydrogen-bond donors (Lipinski definition) is 1. The van der Waals surface area contributed by atoms with Crippen LogP contribution in [0, 0.1) is 0 Å². The quantitative estimate of drug-likeness (QED) is 0.703. The van der Waals surface area contributed by atoms with Crippen molar-refractivity contribution in [3.63, 3.8) is 0 Å². The number of aliphatic imine (C=N–C) groups is 1. The van der Waals surface area contributed by atoms with Crippen LogP contribution in [-0.2, 0) is 9.59 Å². The first-order valence-corrected chi connectivity index (χ1v) is 9.65. The van der Waals surface area contributed by atoms with Gasteiger partial charge in [-0.15, -0.1) is 4.99 Å². The lowest BCUT2D eigenvalue weighted by molar-refractivity contribution is -0.367. The third kappa shape index (κ3) is 3.77. The first-order valence-electron chi connectivity index (χ1n) is 8.66. The predicted molar refractivity (Wildman–Crippen MR) is 109 cm³/mol. The summed E-state index contributed by atoms with van der Waals surface area (Å²) in [6.07, 6.45) is 0. The summed E-state index contributed by atoms with van der Waals surface area (Å²) in [5.41, 5.74) is 0.490. The number of ether oxygens (including phenoxy) is 2. The maximum Gasteiger partial charge on any atom is 0.388 e. The van der Waals surface area contributed by atoms with Gasteiger partial charge < -0.3 is 14.8 Å². The van der Waals surface area contributed by atoms with E-state index in [1.165, 1.54) is 37.9 Å². The average molecular weight is 420 g/mol. The highest BCUT2D eigenvalue weighted by molar-refractivity contribution is 8.14. The fourth-order valence-corrected chi connectivity index (χ4v) is 3.87. The first-order chi connectivity index (χ1) is 13.8. The smallest absolute Gasteiger partial charge is 0.388 e. The van der Waals surface area contributed by atoms with Gasteiger partial charge in [0, 0.05) is 13.1 Å². The Morgan fingerprint density at radius 3 is 2.62 bits per heavy atom. The van der Waals surface area contributed by atoms with Crippen LogP contribution in [0.15, 0.2) is 23.2 Å². The molecule has 1 unspecified atom stereocenters. The summed E-state index contributed by atoms with van der Waals surface area (Å²) >= 11 is 1.18. The fourth-order valence-electron chi connectivity index (χ4n) is 3.07. The molecule has 1 aromatic rings. The van der Waals surface area contributed by atoms with Crippen LogP contribution in [0.1, 0.15) is 0 Å². The topological polar surface area (TPSA) is 104 Å². The van der Waals surface area contributed by atoms with Crippen molar-refractivity contribution in [3.8, 4) is 11.5 Å². The molecule has 1 fully saturated rings. The zero-order valence-electron chi connectivity index (χ0n) is 16.8. The molecule has 1 N–H and O–H groups in total. The van der Waals surface area contributed by atoms with Crippen molar-refractivity contribution in [2.24, 2.45) is 4.99 Å². The van der Waals surface area contributed by atoms with E-state index in [-0.39, 0.29) is 11.7 Å². The van der Waals surface area contributed by atoms with E-state index >= 15 is 0 Å². The lowest BCUT2D eigenvalue weighted by Gasteiger charge is -2.27. The van der Waals surface area contributed by atoms with Gasteiger partial charge in [-0.3, -0.25) is 14.5 Å². The number of nitrogens with zero attached hydrogens (tertiary/aromatic N) is 4. The van der Waals surface area contributed by atoms with Gasteiger partial charge in [-0.25, -0.2) is 14.3 Å². The van der Waals surface area contributed by atoms with Gasteiger partial charge in [-0.2, -0.15) is 0 Å². The van der Waals surface area contributed by atoms with E-state index < -0.39 is 18.0 Å². The molecule has 2 heterocycles. The Morgan fingerprint density at radius 1 is 1.24 bits per heavy atom. The molecule has 3 rings (SSSR count). The fraction of sp³-hybridized carbons (Fsp3) is 0.389. The molecule has 4 amide bonds. The highest BCUT2D eigenvalue weighted by Crippen LogP contribution is 2.29. The van der Waals surface area contributed by atoms with E-state index in [2.05, 4.69) is 10.3 Å². The third-order valence-electron chi connectivity index (χ3n) is 4.61. The highest BCUT2D eigenvalue weighted by Gasteiger charge is 2.51. The van der Waals surface area contributed by atoms with Crippen LogP contribution >= 0.6 is 11.8 Å². The van der Waals surface area contributed by atoms with Crippen LogP contribution in [0.3, 0.4) is 0 Å². The lowest BCUT2D eigenvalue weighted by atomic mass is 10.2. The average Bonchev–Trinajstić information content (AvgIpc) is 3.05. The number of methoxy groups -OCH3 is 2. The Bertz CT molecular complexity index is 945. The second-order valence-corrected chi connectivity index (χ2v) is 7.32. The van der Waals surface area contributed by atoms with Gasteiger partial charge in [-0.05, 0) is 23.9 Å². The molecule has 2 aliphatic heterocycles. The minimum absolute atomic E-state index is 0.0607. The van der Waals surface area contributed by atoms with E-state index in [0.717, 1.165) is 4.90 Å². The standard InChI is InChI=1S/C18H21N5O5S/c1-21-15-14(16(25)23(3)18(26)22(15)2)20-17(21)29-9-13(24)19-11-8-10(27-4)6-7-12(11)28-5/h6-8,14H,9H2,1-5H3/p+1. The zero-order chi connectivity index (χ0) is 21.3. The normalized spacial score (nSPS) is 18.7. The van der Waals surface area contributed by atoms with Crippen LogP contribution in [-0.4, -0.2) is 90.4 Å². The van der Waals surface area contributed by atoms with Crippen molar-refractivity contribution < 1.29 is 28.4 Å². The van der Waals surface area contributed by atoms with Crippen molar-refractivity contribution in [1.29, 1.82) is 0 Å². The van der Waals surface area contributed by atoms with Crippen molar-refractivity contribution in [1.82, 2.24) is 9.80 Å². The molecular formula is C18H22N5O5S+. The van der Waals surface area contributed by atoms with Gasteiger partial charge in [0.05, 0.1) is 39.8 Å². The van der Waals surface area contributed by atoms with Crippen LogP contribution in [0.5, 0.6) is 11.5 Å². The van der Waals surface area contributed by atoms with Gasteiger partial charge >= 0.3 is 6.03 Å². The van der Waals surface area contributed by atoms with Gasteiger partial charge in [0.2, 0.25) is 5.91 Å². The number of amidine groups is 2.